The van der Waals surface area contributed by atoms with E-state index in [1.165, 1.54) is 0 Å². The molecule has 66 valence electrons. The minimum Gasteiger partial charge on any atom is -1.00 e. The number of H-pyrrole nitrogens is 1. The van der Waals surface area contributed by atoms with Crippen molar-refractivity contribution >= 4 is 0 Å². The van der Waals surface area contributed by atoms with Crippen molar-refractivity contribution in [3.8, 4) is 5.69 Å². The number of rotatable bonds is 1. The lowest BCUT2D eigenvalue weighted by Gasteiger charge is -1.89. The number of halogens is 1. The Morgan fingerprint density at radius 3 is 2.15 bits per heavy atom. The van der Waals surface area contributed by atoms with Crippen LogP contribution in [-0.4, -0.2) is 0 Å². The molecule has 13 heavy (non-hydrogen) atoms. The van der Waals surface area contributed by atoms with E-state index in [1.54, 1.807) is 0 Å². The second-order valence-corrected chi connectivity index (χ2v) is 2.54. The largest absolute Gasteiger partial charge is 1.00 e. The highest BCUT2D eigenvalue weighted by atomic mass is 79.9. The van der Waals surface area contributed by atoms with Crippen LogP contribution in [0.5, 0.6) is 0 Å². The monoisotopic (exact) mass is 237 g/mol. The zero-order valence-electron chi connectivity index (χ0n) is 7.02. The molecule has 0 aromatic carbocycles. The predicted molar refractivity (Wildman–Crippen MR) is 44.5 cm³/mol. The number of aromatic amines is 1. The highest BCUT2D eigenvalue weighted by Gasteiger charge is 2.02. The maximum absolute atomic E-state index is 2.99. The summed E-state index contributed by atoms with van der Waals surface area (Å²) in [4.78, 5) is 2.99. The van der Waals surface area contributed by atoms with Crippen LogP contribution in [0, 0.1) is 0 Å². The molecule has 2 aromatic heterocycles. The van der Waals surface area contributed by atoms with Crippen LogP contribution in [0.1, 0.15) is 0 Å². The lowest BCUT2D eigenvalue weighted by atomic mass is 10.4. The van der Waals surface area contributed by atoms with Gasteiger partial charge in [0.25, 0.3) is 0 Å². The van der Waals surface area contributed by atoms with Gasteiger partial charge in [0.1, 0.15) is 0 Å². The maximum atomic E-state index is 2.99. The molecule has 1 N–H and O–H groups in total. The molecule has 0 aliphatic heterocycles. The maximum Gasteiger partial charge on any atom is 0.222 e. The summed E-state index contributed by atoms with van der Waals surface area (Å²) in [5.41, 5.74) is 1.16. The summed E-state index contributed by atoms with van der Waals surface area (Å²) in [6, 6.07) is 10.1. The Bertz CT molecular complexity index is 310. The van der Waals surface area contributed by atoms with Crippen molar-refractivity contribution in [1.29, 1.82) is 0 Å². The Kier molecular flexibility index (Phi) is 3.58. The first kappa shape index (κ1) is 9.86. The lowest BCUT2D eigenvalue weighted by molar-refractivity contribution is -0.596. The Balaban J connectivity index is 0.000000845. The summed E-state index contributed by atoms with van der Waals surface area (Å²) in [6.07, 6.45) is 7.87. The molecule has 2 rings (SSSR count). The molecule has 0 radical (unpaired) electrons. The van der Waals surface area contributed by atoms with Gasteiger partial charge in [0.2, 0.25) is 5.69 Å². The summed E-state index contributed by atoms with van der Waals surface area (Å²) in [5.74, 6) is 0. The van der Waals surface area contributed by atoms with Crippen LogP contribution in [0.4, 0.5) is 0 Å². The van der Waals surface area contributed by atoms with Crippen molar-refractivity contribution in [2.45, 2.75) is 0 Å². The molecule has 2 heterocycles. The first-order valence-electron chi connectivity index (χ1n) is 3.89. The van der Waals surface area contributed by atoms with E-state index in [-0.39, 0.29) is 17.0 Å². The van der Waals surface area contributed by atoms with Gasteiger partial charge in [0, 0.05) is 12.1 Å². The fourth-order valence-corrected chi connectivity index (χ4v) is 1.12. The summed E-state index contributed by atoms with van der Waals surface area (Å²) in [6.45, 7) is 0. The molecular weight excluding hydrogens is 228 g/mol. The van der Waals surface area contributed by atoms with Gasteiger partial charge < -0.3 is 17.0 Å². The van der Waals surface area contributed by atoms with Gasteiger partial charge in [-0.1, -0.05) is 6.07 Å². The van der Waals surface area contributed by atoms with Crippen LogP contribution in [0.25, 0.3) is 5.69 Å². The SMILES string of the molecule is [Br-].c1cc[n+](-c2cc[nH+]cc2)cc1. The molecular formula is C10H10BrN2+. The van der Waals surface area contributed by atoms with Crippen molar-refractivity contribution in [2.24, 2.45) is 0 Å². The van der Waals surface area contributed by atoms with Gasteiger partial charge in [-0.2, -0.15) is 4.57 Å². The highest BCUT2D eigenvalue weighted by molar-refractivity contribution is 5.14. The molecule has 2 aromatic rings. The van der Waals surface area contributed by atoms with Crippen molar-refractivity contribution in [2.75, 3.05) is 0 Å². The average molecular weight is 238 g/mol. The topological polar surface area (TPSA) is 18.0 Å². The van der Waals surface area contributed by atoms with E-state index in [2.05, 4.69) is 9.55 Å². The van der Waals surface area contributed by atoms with Crippen LogP contribution in [0.2, 0.25) is 0 Å². The molecule has 0 amide bonds. The molecule has 0 atom stereocenters. The van der Waals surface area contributed by atoms with Gasteiger partial charge in [-0.15, -0.1) is 0 Å². The van der Waals surface area contributed by atoms with E-state index in [9.17, 15) is 0 Å². The van der Waals surface area contributed by atoms with Crippen LogP contribution >= 0.6 is 0 Å². The molecule has 0 saturated carbocycles. The molecule has 0 fully saturated rings. The third-order valence-corrected chi connectivity index (χ3v) is 1.71. The Labute approximate surface area is 87.7 Å². The second kappa shape index (κ2) is 4.72. The summed E-state index contributed by atoms with van der Waals surface area (Å²) >= 11 is 0. The Morgan fingerprint density at radius 2 is 1.54 bits per heavy atom. The van der Waals surface area contributed by atoms with Crippen LogP contribution in [0.3, 0.4) is 0 Å². The van der Waals surface area contributed by atoms with E-state index >= 15 is 0 Å². The van der Waals surface area contributed by atoms with Crippen LogP contribution in [-0.2, 0) is 0 Å². The molecule has 0 bridgehead atoms. The smallest absolute Gasteiger partial charge is 0.222 e. The summed E-state index contributed by atoms with van der Waals surface area (Å²) in [5, 5.41) is 0. The van der Waals surface area contributed by atoms with Gasteiger partial charge in [-0.05, 0) is 0 Å². The second-order valence-electron chi connectivity index (χ2n) is 2.54. The first-order chi connectivity index (χ1) is 5.97. The standard InChI is InChI=1S/C10H9N2.BrH/c1-2-8-12(9-3-1)10-4-6-11-7-5-10;/h1-9H;1H/q+1;. The van der Waals surface area contributed by atoms with E-state index in [0.29, 0.717) is 0 Å². The van der Waals surface area contributed by atoms with Crippen molar-refractivity contribution in [1.82, 2.24) is 0 Å². The number of nitrogens with zero attached hydrogens (tertiary/aromatic N) is 1. The molecule has 0 spiro atoms. The van der Waals surface area contributed by atoms with E-state index in [1.807, 2.05) is 55.1 Å². The van der Waals surface area contributed by atoms with Gasteiger partial charge in [-0.3, -0.25) is 0 Å². The molecule has 0 unspecified atom stereocenters. The van der Waals surface area contributed by atoms with Gasteiger partial charge in [0.15, 0.2) is 24.8 Å². The van der Waals surface area contributed by atoms with Crippen LogP contribution in [0.15, 0.2) is 55.1 Å². The third kappa shape index (κ3) is 2.36. The van der Waals surface area contributed by atoms with Crippen molar-refractivity contribution in [3.05, 3.63) is 55.1 Å². The van der Waals surface area contributed by atoms with Gasteiger partial charge >= 0.3 is 0 Å². The Morgan fingerprint density at radius 1 is 0.923 bits per heavy atom. The number of hydrogen-bond acceptors (Lipinski definition) is 0. The number of aromatic nitrogens is 2. The first-order valence-corrected chi connectivity index (χ1v) is 3.89. The Hall–Kier alpha value is -1.22. The minimum absolute atomic E-state index is 0. The zero-order chi connectivity index (χ0) is 8.23. The lowest BCUT2D eigenvalue weighted by Crippen LogP contribution is -3.00. The van der Waals surface area contributed by atoms with Crippen molar-refractivity contribution < 1.29 is 26.5 Å². The number of hydrogen-bond donors (Lipinski definition) is 0. The van der Waals surface area contributed by atoms with Gasteiger partial charge in [0.05, 0.1) is 12.1 Å². The summed E-state index contributed by atoms with van der Waals surface area (Å²) in [7, 11) is 0. The quantitative estimate of drug-likeness (QED) is 0.501. The zero-order valence-corrected chi connectivity index (χ0v) is 8.61. The molecule has 0 aliphatic carbocycles. The van der Waals surface area contributed by atoms with Crippen molar-refractivity contribution in [3.63, 3.8) is 0 Å². The fourth-order valence-electron chi connectivity index (χ4n) is 1.12. The normalized spacial score (nSPS) is 8.92. The minimum atomic E-state index is 0. The van der Waals surface area contributed by atoms with E-state index < -0.39 is 0 Å². The predicted octanol–water partition coefficient (Wildman–Crippen LogP) is -2.22. The summed E-state index contributed by atoms with van der Waals surface area (Å²) < 4.78 is 2.06. The molecule has 0 saturated heterocycles. The average Bonchev–Trinajstić information content (AvgIpc) is 2.21. The number of nitrogens with one attached hydrogen (secondary N) is 1. The highest BCUT2D eigenvalue weighted by Crippen LogP contribution is 1.91. The fraction of sp³-hybridized carbons (Fsp3) is 0. The van der Waals surface area contributed by atoms with E-state index in [4.69, 9.17) is 0 Å². The molecule has 0 aliphatic rings. The molecule has 2 nitrogen and oxygen atoms in total. The molecule has 3 heteroatoms. The number of pyridine rings is 2. The van der Waals surface area contributed by atoms with Crippen LogP contribution < -0.4 is 26.5 Å². The van der Waals surface area contributed by atoms with E-state index in [0.717, 1.165) is 5.69 Å². The van der Waals surface area contributed by atoms with Gasteiger partial charge in [-0.25, -0.2) is 4.98 Å². The third-order valence-electron chi connectivity index (χ3n) is 1.71.